The minimum atomic E-state index is -2.30. The maximum absolute atomic E-state index is 12.7. The number of fused-ring (bicyclic) bond motifs is 4. The van der Waals surface area contributed by atoms with Crippen molar-refractivity contribution in [1.82, 2.24) is 15.0 Å². The summed E-state index contributed by atoms with van der Waals surface area (Å²) in [5.41, 5.74) is 10.4. The lowest BCUT2D eigenvalue weighted by Crippen LogP contribution is -2.34. The molecule has 0 spiro atoms. The van der Waals surface area contributed by atoms with Crippen LogP contribution in [0.3, 0.4) is 0 Å². The monoisotopic (exact) mass is 807 g/mol. The smallest absolute Gasteiger partial charge is 0.165 e. The second-order valence-corrected chi connectivity index (χ2v) is 20.7. The van der Waals surface area contributed by atoms with Crippen molar-refractivity contribution in [3.05, 3.63) is 193 Å². The Balaban J connectivity index is 1.03. The molecule has 3 unspecified atom stereocenters. The van der Waals surface area contributed by atoms with E-state index in [2.05, 4.69) is 152 Å². The third-order valence-corrected chi connectivity index (χ3v) is 15.2. The zero-order valence-corrected chi connectivity index (χ0v) is 35.4. The Kier molecular flexibility index (Phi) is 9.17. The van der Waals surface area contributed by atoms with Crippen LogP contribution in [-0.2, 0) is 9.98 Å². The molecule has 296 valence electrons. The van der Waals surface area contributed by atoms with Gasteiger partial charge in [-0.25, -0.2) is 15.0 Å². The highest BCUT2D eigenvalue weighted by atomic mass is 31.2. The van der Waals surface area contributed by atoms with Crippen LogP contribution in [0.2, 0.25) is 0 Å². The van der Waals surface area contributed by atoms with Crippen molar-refractivity contribution < 1.29 is 4.57 Å². The number of hydrogen-bond acceptors (Lipinski definition) is 4. The second-order valence-electron chi connectivity index (χ2n) is 17.5. The molecule has 2 aliphatic carbocycles. The van der Waals surface area contributed by atoms with Gasteiger partial charge in [-0.1, -0.05) is 188 Å². The summed E-state index contributed by atoms with van der Waals surface area (Å²) >= 11 is 0. The van der Waals surface area contributed by atoms with E-state index < -0.39 is 7.14 Å². The number of benzene rings is 8. The molecule has 9 aromatic rings. The number of nitrogens with zero attached hydrogens (tertiary/aromatic N) is 3. The maximum atomic E-state index is 12.7. The third-order valence-electron chi connectivity index (χ3n) is 13.6. The Hall–Kier alpha value is -6.48. The van der Waals surface area contributed by atoms with Crippen LogP contribution in [0.15, 0.2) is 182 Å². The van der Waals surface area contributed by atoms with Crippen LogP contribution in [-0.4, -0.2) is 28.3 Å². The normalized spacial score (nSPS) is 18.5. The number of rotatable bonds is 8. The molecule has 2 fully saturated rings. The molecule has 1 heterocycles. The zero-order valence-electron chi connectivity index (χ0n) is 34.5. The highest BCUT2D eigenvalue weighted by Crippen LogP contribution is 2.60. The van der Waals surface area contributed by atoms with E-state index in [4.69, 9.17) is 15.0 Å². The average Bonchev–Trinajstić information content (AvgIpc) is 3.94. The van der Waals surface area contributed by atoms with Crippen molar-refractivity contribution in [2.75, 3.05) is 13.3 Å². The quantitative estimate of drug-likeness (QED) is 0.113. The molecule has 2 bridgehead atoms. The second kappa shape index (κ2) is 14.9. The maximum Gasteiger partial charge on any atom is 0.165 e. The van der Waals surface area contributed by atoms with Crippen molar-refractivity contribution in [2.24, 2.45) is 11.8 Å². The van der Waals surface area contributed by atoms with Gasteiger partial charge in [0.05, 0.1) is 0 Å². The molecule has 0 N–H and O–H groups in total. The molecule has 8 aromatic carbocycles. The van der Waals surface area contributed by atoms with Gasteiger partial charge in [-0.15, -0.1) is 0 Å². The SMILES string of the molecule is CP(C)(=O)c1ccc(-c2ccc(C3(c4ccc(-c5nc(-c6ccccc6)nc(-c6c7ccccc7c(-c7ccccc7)c7ccccc67)n5)cc4)CC4CCC3C4)cc2)cc1. The van der Waals surface area contributed by atoms with Crippen molar-refractivity contribution in [2.45, 2.75) is 31.1 Å². The van der Waals surface area contributed by atoms with Gasteiger partial charge in [0.2, 0.25) is 0 Å². The van der Waals surface area contributed by atoms with Gasteiger partial charge in [0.25, 0.3) is 0 Å². The molecular weight excluding hydrogens is 762 g/mol. The molecule has 2 aliphatic rings. The van der Waals surface area contributed by atoms with E-state index in [1.807, 2.05) is 43.7 Å². The summed E-state index contributed by atoms with van der Waals surface area (Å²) in [5, 5.41) is 5.48. The predicted molar refractivity (Wildman–Crippen MR) is 254 cm³/mol. The molecule has 1 aromatic heterocycles. The lowest BCUT2D eigenvalue weighted by atomic mass is 9.64. The van der Waals surface area contributed by atoms with E-state index in [9.17, 15) is 4.57 Å². The van der Waals surface area contributed by atoms with Gasteiger partial charge in [-0.05, 0) is 99.4 Å². The van der Waals surface area contributed by atoms with Crippen LogP contribution in [0.4, 0.5) is 0 Å². The van der Waals surface area contributed by atoms with E-state index in [-0.39, 0.29) is 5.41 Å². The number of hydrogen-bond donors (Lipinski definition) is 0. The standard InChI is InChI=1S/C56H46N3OP/c1-61(2,60)46-33-26-39(27-34-46)38-22-29-43(30-23-38)56(36-37-21-28-45(56)35-37)44-31-24-42(25-32-44)54-57-53(41-15-7-4-8-16-41)58-55(59-54)52-49-19-11-9-17-47(49)51(40-13-5-3-6-14-40)48-18-10-12-20-50(48)52/h3-20,22-27,29-34,37,45H,21,28,35-36H2,1-2H3. The molecule has 61 heavy (non-hydrogen) atoms. The van der Waals surface area contributed by atoms with Crippen LogP contribution in [0.1, 0.15) is 36.8 Å². The Bertz CT molecular complexity index is 3070. The van der Waals surface area contributed by atoms with Gasteiger partial charge < -0.3 is 4.57 Å². The minimum Gasteiger partial charge on any atom is -0.319 e. The van der Waals surface area contributed by atoms with Crippen molar-refractivity contribution in [3.63, 3.8) is 0 Å². The van der Waals surface area contributed by atoms with Gasteiger partial charge in [-0.2, -0.15) is 0 Å². The van der Waals surface area contributed by atoms with E-state index in [0.29, 0.717) is 23.4 Å². The summed E-state index contributed by atoms with van der Waals surface area (Å²) < 4.78 is 12.7. The summed E-state index contributed by atoms with van der Waals surface area (Å²) in [7, 11) is -2.30. The summed E-state index contributed by atoms with van der Waals surface area (Å²) in [6.07, 6.45) is 5.02. The first-order chi connectivity index (χ1) is 29.8. The molecule has 0 amide bonds. The molecule has 0 aliphatic heterocycles. The lowest BCUT2D eigenvalue weighted by molar-refractivity contribution is 0.320. The largest absolute Gasteiger partial charge is 0.319 e. The molecule has 3 atom stereocenters. The van der Waals surface area contributed by atoms with Crippen molar-refractivity contribution in [3.8, 4) is 56.4 Å². The van der Waals surface area contributed by atoms with Crippen LogP contribution in [0.25, 0.3) is 78.0 Å². The molecule has 2 saturated carbocycles. The van der Waals surface area contributed by atoms with Crippen LogP contribution >= 0.6 is 7.14 Å². The number of aromatic nitrogens is 3. The van der Waals surface area contributed by atoms with Gasteiger partial charge in [0.1, 0.15) is 7.14 Å². The Morgan fingerprint density at radius 1 is 0.443 bits per heavy atom. The van der Waals surface area contributed by atoms with E-state index in [0.717, 1.165) is 44.2 Å². The Morgan fingerprint density at radius 2 is 0.869 bits per heavy atom. The van der Waals surface area contributed by atoms with Gasteiger partial charge in [0.15, 0.2) is 17.5 Å². The van der Waals surface area contributed by atoms with Gasteiger partial charge >= 0.3 is 0 Å². The first-order valence-corrected chi connectivity index (χ1v) is 24.1. The van der Waals surface area contributed by atoms with Gasteiger partial charge in [0, 0.05) is 27.4 Å². The summed E-state index contributed by atoms with van der Waals surface area (Å²) in [6, 6.07) is 65.0. The van der Waals surface area contributed by atoms with E-state index in [1.165, 1.54) is 64.3 Å². The van der Waals surface area contributed by atoms with Crippen molar-refractivity contribution in [1.29, 1.82) is 0 Å². The summed E-state index contributed by atoms with van der Waals surface area (Å²) in [6.45, 7) is 3.66. The van der Waals surface area contributed by atoms with E-state index in [1.54, 1.807) is 0 Å². The zero-order chi connectivity index (χ0) is 41.1. The molecule has 0 radical (unpaired) electrons. The third kappa shape index (κ3) is 6.53. The highest BCUT2D eigenvalue weighted by molar-refractivity contribution is 7.70. The molecule has 4 nitrogen and oxygen atoms in total. The fourth-order valence-electron chi connectivity index (χ4n) is 10.7. The van der Waals surface area contributed by atoms with Gasteiger partial charge in [-0.3, -0.25) is 0 Å². The molecule has 11 rings (SSSR count). The van der Waals surface area contributed by atoms with Crippen LogP contribution in [0.5, 0.6) is 0 Å². The van der Waals surface area contributed by atoms with Crippen molar-refractivity contribution >= 4 is 34.0 Å². The molecule has 0 saturated heterocycles. The first-order valence-electron chi connectivity index (χ1n) is 21.5. The lowest BCUT2D eigenvalue weighted by Gasteiger charge is -2.39. The average molecular weight is 808 g/mol. The van der Waals surface area contributed by atoms with Crippen LogP contribution in [0, 0.1) is 11.8 Å². The fourth-order valence-corrected chi connectivity index (χ4v) is 11.6. The van der Waals surface area contributed by atoms with Crippen LogP contribution < -0.4 is 5.30 Å². The Labute approximate surface area is 357 Å². The Morgan fingerprint density at radius 3 is 1.34 bits per heavy atom. The first kappa shape index (κ1) is 37.5. The predicted octanol–water partition coefficient (Wildman–Crippen LogP) is 13.9. The summed E-state index contributed by atoms with van der Waals surface area (Å²) in [4.78, 5) is 15.8. The topological polar surface area (TPSA) is 55.7 Å². The molecule has 5 heteroatoms. The minimum absolute atomic E-state index is 0.0430. The molecular formula is C56H46N3OP. The summed E-state index contributed by atoms with van der Waals surface area (Å²) in [5.74, 6) is 3.33. The van der Waals surface area contributed by atoms with E-state index >= 15 is 0 Å². The highest BCUT2D eigenvalue weighted by Gasteiger charge is 2.52. The fraction of sp³-hybridized carbons (Fsp3) is 0.161.